The van der Waals surface area contributed by atoms with Crippen molar-refractivity contribution in [2.75, 3.05) is 0 Å². The Morgan fingerprint density at radius 3 is 2.68 bits per heavy atom. The second-order valence-corrected chi connectivity index (χ2v) is 5.90. The lowest BCUT2D eigenvalue weighted by atomic mass is 9.98. The lowest BCUT2D eigenvalue weighted by molar-refractivity contribution is 0.0683. The fourth-order valence-electron chi connectivity index (χ4n) is 2.62. The van der Waals surface area contributed by atoms with Gasteiger partial charge in [0.2, 0.25) is 5.82 Å². The van der Waals surface area contributed by atoms with Crippen LogP contribution in [0.3, 0.4) is 0 Å². The molecule has 0 amide bonds. The second kappa shape index (κ2) is 4.77. The summed E-state index contributed by atoms with van der Waals surface area (Å²) in [6, 6.07) is 0. The van der Waals surface area contributed by atoms with Gasteiger partial charge in [-0.1, -0.05) is 12.8 Å². The molecule has 0 aromatic carbocycles. The van der Waals surface area contributed by atoms with Gasteiger partial charge in [-0.05, 0) is 31.2 Å². The summed E-state index contributed by atoms with van der Waals surface area (Å²) in [4.78, 5) is 31.2. The third-order valence-corrected chi connectivity index (χ3v) is 4.71. The van der Waals surface area contributed by atoms with Crippen LogP contribution in [0.25, 0.3) is 10.2 Å². The predicted molar refractivity (Wildman–Crippen MR) is 73.1 cm³/mol. The zero-order valence-electron chi connectivity index (χ0n) is 10.4. The summed E-state index contributed by atoms with van der Waals surface area (Å²) in [6.45, 7) is 0. The molecule has 1 aliphatic rings. The van der Waals surface area contributed by atoms with Crippen molar-refractivity contribution in [2.45, 2.75) is 38.5 Å². The van der Waals surface area contributed by atoms with E-state index in [9.17, 15) is 9.59 Å². The van der Waals surface area contributed by atoms with Crippen LogP contribution >= 0.6 is 11.3 Å². The van der Waals surface area contributed by atoms with Crippen molar-refractivity contribution >= 4 is 27.5 Å². The number of aromatic nitrogens is 2. The summed E-state index contributed by atoms with van der Waals surface area (Å²) in [6.07, 6.45) is 6.49. The number of thiophene rings is 1. The van der Waals surface area contributed by atoms with Gasteiger partial charge in [0.15, 0.2) is 0 Å². The van der Waals surface area contributed by atoms with Gasteiger partial charge in [-0.3, -0.25) is 4.79 Å². The average molecular weight is 278 g/mol. The van der Waals surface area contributed by atoms with Crippen LogP contribution < -0.4 is 5.56 Å². The van der Waals surface area contributed by atoms with E-state index in [1.54, 1.807) is 0 Å². The summed E-state index contributed by atoms with van der Waals surface area (Å²) in [5.41, 5.74) is 0.769. The number of rotatable bonds is 1. The quantitative estimate of drug-likeness (QED) is 0.838. The van der Waals surface area contributed by atoms with E-state index < -0.39 is 5.97 Å². The van der Waals surface area contributed by atoms with Crippen LogP contribution in [-0.4, -0.2) is 21.0 Å². The highest BCUT2D eigenvalue weighted by Gasteiger charge is 2.19. The lowest BCUT2D eigenvalue weighted by Gasteiger charge is -2.08. The van der Waals surface area contributed by atoms with E-state index in [-0.39, 0.29) is 11.4 Å². The number of aromatic carboxylic acids is 1. The first-order valence-corrected chi connectivity index (χ1v) is 7.26. The van der Waals surface area contributed by atoms with E-state index in [1.165, 1.54) is 29.1 Å². The van der Waals surface area contributed by atoms with Gasteiger partial charge < -0.3 is 10.1 Å². The number of carboxylic acid groups (broad SMARTS) is 1. The molecule has 2 N–H and O–H groups in total. The van der Waals surface area contributed by atoms with E-state index in [1.807, 2.05) is 0 Å². The van der Waals surface area contributed by atoms with Crippen LogP contribution in [0.4, 0.5) is 0 Å². The van der Waals surface area contributed by atoms with Crippen molar-refractivity contribution in [3.8, 4) is 0 Å². The molecular weight excluding hydrogens is 264 g/mol. The second-order valence-electron chi connectivity index (χ2n) is 4.82. The average Bonchev–Trinajstić information content (AvgIpc) is 2.66. The molecule has 3 rings (SSSR count). The molecule has 0 unspecified atom stereocenters. The molecule has 100 valence electrons. The molecule has 19 heavy (non-hydrogen) atoms. The number of H-pyrrole nitrogens is 1. The highest BCUT2D eigenvalue weighted by Crippen LogP contribution is 2.32. The van der Waals surface area contributed by atoms with Gasteiger partial charge >= 0.3 is 5.97 Å². The Labute approximate surface area is 113 Å². The Balaban J connectivity index is 2.24. The highest BCUT2D eigenvalue weighted by molar-refractivity contribution is 7.18. The van der Waals surface area contributed by atoms with Gasteiger partial charge in [-0.2, -0.15) is 0 Å². The van der Waals surface area contributed by atoms with Gasteiger partial charge in [0.25, 0.3) is 5.56 Å². The highest BCUT2D eigenvalue weighted by atomic mass is 32.1. The van der Waals surface area contributed by atoms with Gasteiger partial charge in [0.1, 0.15) is 4.83 Å². The van der Waals surface area contributed by atoms with E-state index >= 15 is 0 Å². The number of carboxylic acids is 1. The smallest absolute Gasteiger partial charge is 0.372 e. The largest absolute Gasteiger partial charge is 0.475 e. The molecule has 0 atom stereocenters. The third-order valence-electron chi connectivity index (χ3n) is 3.53. The molecular formula is C13H14N2O3S. The first kappa shape index (κ1) is 12.3. The minimum atomic E-state index is -1.19. The van der Waals surface area contributed by atoms with Gasteiger partial charge in [-0.15, -0.1) is 11.3 Å². The number of hydrogen-bond donors (Lipinski definition) is 2. The summed E-state index contributed by atoms with van der Waals surface area (Å²) < 4.78 is 0. The molecule has 2 heterocycles. The van der Waals surface area contributed by atoms with Gasteiger partial charge in [0.05, 0.1) is 5.39 Å². The Hall–Kier alpha value is -1.69. The molecule has 2 aromatic rings. The van der Waals surface area contributed by atoms with Gasteiger partial charge in [0, 0.05) is 4.88 Å². The van der Waals surface area contributed by atoms with Gasteiger partial charge in [-0.25, -0.2) is 9.78 Å². The van der Waals surface area contributed by atoms with Crippen LogP contribution in [0.15, 0.2) is 4.79 Å². The van der Waals surface area contributed by atoms with Crippen molar-refractivity contribution in [3.63, 3.8) is 0 Å². The van der Waals surface area contributed by atoms with Crippen molar-refractivity contribution in [3.05, 3.63) is 26.6 Å². The Morgan fingerprint density at radius 2 is 1.95 bits per heavy atom. The normalized spacial score (nSPS) is 15.8. The molecule has 0 saturated heterocycles. The molecule has 0 aliphatic heterocycles. The fourth-order valence-corrected chi connectivity index (χ4v) is 3.88. The molecule has 0 radical (unpaired) electrons. The first-order valence-electron chi connectivity index (χ1n) is 6.44. The Bertz CT molecular complexity index is 702. The molecule has 6 heteroatoms. The Morgan fingerprint density at radius 1 is 1.21 bits per heavy atom. The molecule has 0 bridgehead atoms. The standard InChI is InChI=1S/C13H14N2O3S/c16-11-9-7-5-3-1-2-4-6-8(7)19-12(9)15-10(14-11)13(17)18/h1-6H2,(H,17,18)(H,14,15,16). The first-order chi connectivity index (χ1) is 9.16. The van der Waals surface area contributed by atoms with E-state index in [0.717, 1.165) is 31.2 Å². The van der Waals surface area contributed by atoms with E-state index in [0.29, 0.717) is 10.2 Å². The van der Waals surface area contributed by atoms with Crippen LogP contribution in [-0.2, 0) is 12.8 Å². The summed E-state index contributed by atoms with van der Waals surface area (Å²) in [5.74, 6) is -1.47. The maximum Gasteiger partial charge on any atom is 0.372 e. The molecule has 0 saturated carbocycles. The number of nitrogens with one attached hydrogen (secondary N) is 1. The third kappa shape index (κ3) is 2.16. The van der Waals surface area contributed by atoms with Crippen molar-refractivity contribution < 1.29 is 9.90 Å². The lowest BCUT2D eigenvalue weighted by Crippen LogP contribution is -2.15. The monoisotopic (exact) mass is 278 g/mol. The summed E-state index contributed by atoms with van der Waals surface area (Å²) >= 11 is 1.47. The summed E-state index contributed by atoms with van der Waals surface area (Å²) in [5, 5.41) is 9.54. The zero-order chi connectivity index (χ0) is 13.4. The fraction of sp³-hybridized carbons (Fsp3) is 0.462. The van der Waals surface area contributed by atoms with Crippen LogP contribution in [0, 0.1) is 0 Å². The van der Waals surface area contributed by atoms with Crippen molar-refractivity contribution in [2.24, 2.45) is 0 Å². The molecule has 0 spiro atoms. The van der Waals surface area contributed by atoms with Crippen LogP contribution in [0.1, 0.15) is 46.7 Å². The number of aromatic amines is 1. The van der Waals surface area contributed by atoms with E-state index in [4.69, 9.17) is 5.11 Å². The van der Waals surface area contributed by atoms with E-state index in [2.05, 4.69) is 9.97 Å². The van der Waals surface area contributed by atoms with Crippen LogP contribution in [0.5, 0.6) is 0 Å². The topological polar surface area (TPSA) is 83.0 Å². The number of carbonyl (C=O) groups is 1. The molecule has 1 aliphatic carbocycles. The number of nitrogens with zero attached hydrogens (tertiary/aromatic N) is 1. The minimum Gasteiger partial charge on any atom is -0.475 e. The number of hydrogen-bond acceptors (Lipinski definition) is 4. The maximum absolute atomic E-state index is 12.1. The number of aryl methyl sites for hydroxylation is 2. The zero-order valence-corrected chi connectivity index (χ0v) is 11.2. The van der Waals surface area contributed by atoms with Crippen LogP contribution in [0.2, 0.25) is 0 Å². The minimum absolute atomic E-state index is 0.272. The molecule has 5 nitrogen and oxygen atoms in total. The summed E-state index contributed by atoms with van der Waals surface area (Å²) in [7, 11) is 0. The SMILES string of the molecule is O=C(O)c1nc2sc3c(c2c(=O)[nH]1)CCCCCC3. The van der Waals surface area contributed by atoms with Crippen molar-refractivity contribution in [1.82, 2.24) is 9.97 Å². The molecule has 2 aromatic heterocycles. The predicted octanol–water partition coefficient (Wildman–Crippen LogP) is 2.34. The Kier molecular flexibility index (Phi) is 3.10. The number of fused-ring (bicyclic) bond motifs is 3. The molecule has 0 fully saturated rings. The van der Waals surface area contributed by atoms with Crippen molar-refractivity contribution in [1.29, 1.82) is 0 Å². The maximum atomic E-state index is 12.1.